The van der Waals surface area contributed by atoms with Crippen LogP contribution in [-0.4, -0.2) is 71.2 Å². The molecule has 7 rings (SSSR count). The minimum Gasteiger partial charge on any atom is -0.493 e. The topological polar surface area (TPSA) is 157 Å². The number of fused-ring (bicyclic) bond motifs is 1. The molecule has 274 valence electrons. The number of hydrogen-bond acceptors (Lipinski definition) is 10. The number of aromatic nitrogens is 1. The lowest BCUT2D eigenvalue weighted by Gasteiger charge is -2.27. The Morgan fingerprint density at radius 2 is 1.79 bits per heavy atom. The first kappa shape index (κ1) is 36.9. The van der Waals surface area contributed by atoms with E-state index in [9.17, 15) is 23.9 Å². The fraction of sp³-hybridized carbons (Fsp3) is 0.351. The van der Waals surface area contributed by atoms with Crippen LogP contribution in [0, 0.1) is 22.5 Å². The van der Waals surface area contributed by atoms with Gasteiger partial charge in [-0.25, -0.2) is 8.78 Å². The fourth-order valence-electron chi connectivity index (χ4n) is 6.81. The van der Waals surface area contributed by atoms with Gasteiger partial charge in [0.25, 0.3) is 0 Å². The number of pyridine rings is 1. The molecule has 3 fully saturated rings. The number of carbonyl (C=O) groups is 3. The quantitative estimate of drug-likeness (QED) is 0.0977. The van der Waals surface area contributed by atoms with Crippen LogP contribution in [0.1, 0.15) is 32.6 Å². The number of anilines is 2. The normalized spacial score (nSPS) is 21.3. The molecule has 2 heterocycles. The maximum atomic E-state index is 15.8. The van der Waals surface area contributed by atoms with E-state index in [0.29, 0.717) is 35.6 Å². The van der Waals surface area contributed by atoms with E-state index in [0.717, 1.165) is 62.4 Å². The molecule has 1 aliphatic heterocycles. The number of hydrogen-bond donors (Lipinski definition) is 3. The van der Waals surface area contributed by atoms with Crippen LogP contribution in [0.25, 0.3) is 10.9 Å². The van der Waals surface area contributed by atoms with E-state index >= 15 is 4.39 Å². The zero-order valence-corrected chi connectivity index (χ0v) is 29.0. The van der Waals surface area contributed by atoms with Gasteiger partial charge in [-0.2, -0.15) is 0 Å². The van der Waals surface area contributed by atoms with E-state index in [-0.39, 0.29) is 47.5 Å². The third-order valence-electron chi connectivity index (χ3n) is 9.94. The molecule has 3 unspecified atom stereocenters. The Labute approximate surface area is 304 Å². The van der Waals surface area contributed by atoms with Gasteiger partial charge in [0.2, 0.25) is 11.8 Å². The standard InChI is InChI=1S/C37H37F2N5O7.ClH/c1-22(45)51-42-32-19-37(32,34(40)47)35(48)44(24-5-3-23(38)4-6-24)25-7-10-31(28(39)17-25)50-30-11-14-41-29-18-26(8-9-27(29)30)49-16-2-15-43-20-33(46)36(21-43)12-13-36;/h3-11,14,17-18,32-33,42,46H,2,12-13,15-16,19-21H2,1H3,(H2,40,47);1H. The molecule has 4 aromatic rings. The lowest BCUT2D eigenvalue weighted by molar-refractivity contribution is -0.150. The summed E-state index contributed by atoms with van der Waals surface area (Å²) in [4.78, 5) is 50.5. The SMILES string of the molecule is CC(=O)ONC1CC1(C(N)=O)C(=O)N(c1ccc(F)cc1)c1ccc(Oc2ccnc3cc(OCCCN4CC(O)C5(CC5)C4)ccc23)c(F)c1.Cl. The second-order valence-electron chi connectivity index (χ2n) is 13.4. The molecule has 3 atom stereocenters. The Hall–Kier alpha value is -4.89. The van der Waals surface area contributed by atoms with Gasteiger partial charge in [-0.3, -0.25) is 29.2 Å². The van der Waals surface area contributed by atoms with Gasteiger partial charge in [0.05, 0.1) is 30.0 Å². The molecule has 12 nitrogen and oxygen atoms in total. The van der Waals surface area contributed by atoms with Crippen LogP contribution in [0.4, 0.5) is 20.2 Å². The number of aliphatic hydroxyl groups excluding tert-OH is 1. The highest BCUT2D eigenvalue weighted by atomic mass is 35.5. The van der Waals surface area contributed by atoms with Crippen LogP contribution in [0.5, 0.6) is 17.2 Å². The van der Waals surface area contributed by atoms with Gasteiger partial charge in [0.15, 0.2) is 11.6 Å². The molecular formula is C37H38ClF2N5O7. The Balaban J connectivity index is 0.00000464. The number of nitrogens with zero attached hydrogens (tertiary/aromatic N) is 3. The Morgan fingerprint density at radius 1 is 1.04 bits per heavy atom. The first-order valence-electron chi connectivity index (χ1n) is 16.7. The molecule has 2 saturated carbocycles. The fourth-order valence-corrected chi connectivity index (χ4v) is 6.81. The number of hydroxylamine groups is 1. The molecule has 52 heavy (non-hydrogen) atoms. The summed E-state index contributed by atoms with van der Waals surface area (Å²) >= 11 is 0. The molecule has 1 saturated heterocycles. The third kappa shape index (κ3) is 7.24. The van der Waals surface area contributed by atoms with Crippen LogP contribution < -0.4 is 25.6 Å². The number of halogens is 3. The molecule has 2 amide bonds. The van der Waals surface area contributed by atoms with Crippen LogP contribution in [0.2, 0.25) is 0 Å². The van der Waals surface area contributed by atoms with Gasteiger partial charge < -0.3 is 25.2 Å². The van der Waals surface area contributed by atoms with Crippen LogP contribution in [-0.2, 0) is 19.2 Å². The zero-order chi connectivity index (χ0) is 35.9. The Bertz CT molecular complexity index is 2000. The molecule has 3 aliphatic rings. The van der Waals surface area contributed by atoms with Crippen LogP contribution in [0.3, 0.4) is 0 Å². The smallest absolute Gasteiger partial charge is 0.321 e. The first-order valence-corrected chi connectivity index (χ1v) is 16.7. The van der Waals surface area contributed by atoms with Crippen molar-refractivity contribution < 1.29 is 42.6 Å². The summed E-state index contributed by atoms with van der Waals surface area (Å²) in [5.41, 5.74) is 7.12. The van der Waals surface area contributed by atoms with Gasteiger partial charge >= 0.3 is 5.97 Å². The number of β-amino-alcohol motifs (C(OH)–C–C–N with tert-alkyl or cyclic N) is 1. The number of ether oxygens (including phenoxy) is 2. The molecule has 15 heteroatoms. The van der Waals surface area contributed by atoms with Crippen LogP contribution >= 0.6 is 12.4 Å². The monoisotopic (exact) mass is 737 g/mol. The summed E-state index contributed by atoms with van der Waals surface area (Å²) in [7, 11) is 0. The van der Waals surface area contributed by atoms with Crippen molar-refractivity contribution in [1.29, 1.82) is 0 Å². The van der Waals surface area contributed by atoms with Crippen molar-refractivity contribution >= 4 is 52.5 Å². The summed E-state index contributed by atoms with van der Waals surface area (Å²) in [5, 5.41) is 10.9. The number of carbonyl (C=O) groups excluding carboxylic acids is 3. The summed E-state index contributed by atoms with van der Waals surface area (Å²) in [6, 6.07) is 14.7. The molecule has 0 radical (unpaired) electrons. The van der Waals surface area contributed by atoms with Crippen molar-refractivity contribution in [3.05, 3.63) is 84.6 Å². The average Bonchev–Trinajstić information content (AvgIpc) is 4.02. The minimum atomic E-state index is -1.81. The number of primary amides is 1. The third-order valence-corrected chi connectivity index (χ3v) is 9.94. The first-order chi connectivity index (χ1) is 24.5. The van der Waals surface area contributed by atoms with Crippen molar-refractivity contribution in [3.8, 4) is 17.2 Å². The van der Waals surface area contributed by atoms with E-state index in [1.165, 1.54) is 30.5 Å². The number of likely N-dealkylation sites (tertiary alicyclic amines) is 1. The van der Waals surface area contributed by atoms with Gasteiger partial charge in [-0.15, -0.1) is 17.9 Å². The average molecular weight is 738 g/mol. The molecule has 0 bridgehead atoms. The highest BCUT2D eigenvalue weighted by molar-refractivity contribution is 6.17. The molecule has 1 spiro atoms. The van der Waals surface area contributed by atoms with Crippen molar-refractivity contribution in [2.45, 2.75) is 44.8 Å². The van der Waals surface area contributed by atoms with Gasteiger partial charge in [0, 0.05) is 61.4 Å². The number of rotatable bonds is 13. The van der Waals surface area contributed by atoms with Crippen molar-refractivity contribution in [2.24, 2.45) is 16.6 Å². The summed E-state index contributed by atoms with van der Waals surface area (Å²) in [6.45, 7) is 4.15. The van der Waals surface area contributed by atoms with E-state index in [1.807, 2.05) is 0 Å². The summed E-state index contributed by atoms with van der Waals surface area (Å²) in [6.07, 6.45) is 4.24. The van der Waals surface area contributed by atoms with Crippen molar-refractivity contribution in [3.63, 3.8) is 0 Å². The second kappa shape index (κ2) is 14.6. The predicted molar refractivity (Wildman–Crippen MR) is 188 cm³/mol. The molecular weight excluding hydrogens is 700 g/mol. The molecule has 2 aliphatic carbocycles. The summed E-state index contributed by atoms with van der Waals surface area (Å²) < 4.78 is 41.6. The number of nitrogens with two attached hydrogens (primary N) is 1. The van der Waals surface area contributed by atoms with Gasteiger partial charge in [-0.1, -0.05) is 0 Å². The van der Waals surface area contributed by atoms with E-state index < -0.39 is 40.9 Å². The lowest BCUT2D eigenvalue weighted by Crippen LogP contribution is -2.46. The second-order valence-corrected chi connectivity index (χ2v) is 13.4. The van der Waals surface area contributed by atoms with E-state index in [1.54, 1.807) is 24.3 Å². The number of nitrogens with one attached hydrogen (secondary N) is 1. The van der Waals surface area contributed by atoms with Gasteiger partial charge in [-0.05, 0) is 80.3 Å². The van der Waals surface area contributed by atoms with Crippen molar-refractivity contribution in [1.82, 2.24) is 15.4 Å². The van der Waals surface area contributed by atoms with Gasteiger partial charge in [0.1, 0.15) is 22.7 Å². The zero-order valence-electron chi connectivity index (χ0n) is 28.2. The maximum Gasteiger partial charge on any atom is 0.321 e. The summed E-state index contributed by atoms with van der Waals surface area (Å²) in [5.74, 6) is -3.07. The Kier molecular flexibility index (Phi) is 10.4. The minimum absolute atomic E-state index is 0. The maximum absolute atomic E-state index is 15.8. The molecule has 4 N–H and O–H groups in total. The number of amides is 2. The molecule has 1 aromatic heterocycles. The van der Waals surface area contributed by atoms with Crippen molar-refractivity contribution in [2.75, 3.05) is 31.1 Å². The number of benzene rings is 3. The number of aliphatic hydroxyl groups is 1. The van der Waals surface area contributed by atoms with Crippen LogP contribution in [0.15, 0.2) is 72.9 Å². The Morgan fingerprint density at radius 3 is 2.46 bits per heavy atom. The van der Waals surface area contributed by atoms with E-state index in [4.69, 9.17) is 20.0 Å². The van der Waals surface area contributed by atoms with E-state index in [2.05, 4.69) is 15.4 Å². The molecule has 3 aromatic carbocycles. The highest BCUT2D eigenvalue weighted by Crippen LogP contribution is 2.53. The predicted octanol–water partition coefficient (Wildman–Crippen LogP) is 4.93. The largest absolute Gasteiger partial charge is 0.493 e. The highest BCUT2D eigenvalue weighted by Gasteiger charge is 2.67. The lowest BCUT2D eigenvalue weighted by atomic mass is 10.0.